The van der Waals surface area contributed by atoms with Crippen LogP contribution in [-0.2, 0) is 12.0 Å². The van der Waals surface area contributed by atoms with Crippen LogP contribution in [0.25, 0.3) is 0 Å². The second kappa shape index (κ2) is 8.46. The molecule has 0 aliphatic heterocycles. The molecule has 0 amide bonds. The Bertz CT molecular complexity index is 358. The van der Waals surface area contributed by atoms with E-state index in [2.05, 4.69) is 64.2 Å². The van der Waals surface area contributed by atoms with Gasteiger partial charge in [0.2, 0.25) is 0 Å². The molecule has 114 valence electrons. The highest BCUT2D eigenvalue weighted by atomic mass is 14.9. The van der Waals surface area contributed by atoms with Crippen molar-refractivity contribution in [2.24, 2.45) is 5.92 Å². The normalized spacial score (nSPS) is 13.4. The van der Waals surface area contributed by atoms with Gasteiger partial charge < -0.3 is 5.32 Å². The predicted molar refractivity (Wildman–Crippen MR) is 90.2 cm³/mol. The Morgan fingerprint density at radius 2 is 1.70 bits per heavy atom. The van der Waals surface area contributed by atoms with E-state index in [-0.39, 0.29) is 5.41 Å². The average molecular weight is 275 g/mol. The second-order valence-electron chi connectivity index (χ2n) is 6.99. The Morgan fingerprint density at radius 3 is 2.20 bits per heavy atom. The highest BCUT2D eigenvalue weighted by molar-refractivity contribution is 5.27. The third-order valence-corrected chi connectivity index (χ3v) is 4.13. The zero-order valence-electron chi connectivity index (χ0n) is 14.1. The van der Waals surface area contributed by atoms with E-state index in [1.165, 1.54) is 36.8 Å². The van der Waals surface area contributed by atoms with Crippen LogP contribution in [0.3, 0.4) is 0 Å². The number of hydrogen-bond acceptors (Lipinski definition) is 1. The molecule has 0 saturated carbocycles. The minimum absolute atomic E-state index is 0.249. The Kier molecular flexibility index (Phi) is 7.29. The highest BCUT2D eigenvalue weighted by Gasteiger charge is 2.12. The monoisotopic (exact) mass is 275 g/mol. The minimum Gasteiger partial charge on any atom is -0.312 e. The fourth-order valence-corrected chi connectivity index (χ4v) is 2.49. The van der Waals surface area contributed by atoms with Gasteiger partial charge in [0.15, 0.2) is 0 Å². The van der Waals surface area contributed by atoms with Crippen LogP contribution < -0.4 is 5.32 Å². The van der Waals surface area contributed by atoms with E-state index in [4.69, 9.17) is 0 Å². The summed E-state index contributed by atoms with van der Waals surface area (Å²) in [4.78, 5) is 0. The Hall–Kier alpha value is -0.820. The van der Waals surface area contributed by atoms with Crippen LogP contribution in [0.4, 0.5) is 0 Å². The summed E-state index contributed by atoms with van der Waals surface area (Å²) in [6.07, 6.45) is 5.32. The van der Waals surface area contributed by atoms with E-state index in [0.29, 0.717) is 0 Å². The zero-order chi connectivity index (χ0) is 15.0. The molecule has 1 unspecified atom stereocenters. The second-order valence-corrected chi connectivity index (χ2v) is 6.99. The molecule has 0 aliphatic rings. The lowest BCUT2D eigenvalue weighted by molar-refractivity contribution is 0.419. The minimum atomic E-state index is 0.249. The molecule has 0 aromatic heterocycles. The first-order valence-electron chi connectivity index (χ1n) is 8.27. The molecule has 1 heteroatoms. The van der Waals surface area contributed by atoms with Gasteiger partial charge in [-0.15, -0.1) is 0 Å². The number of benzene rings is 1. The third kappa shape index (κ3) is 6.09. The highest BCUT2D eigenvalue weighted by Crippen LogP contribution is 2.22. The van der Waals surface area contributed by atoms with E-state index < -0.39 is 0 Å². The van der Waals surface area contributed by atoms with Gasteiger partial charge in [0.1, 0.15) is 0 Å². The molecule has 1 nitrogen and oxygen atoms in total. The summed E-state index contributed by atoms with van der Waals surface area (Å²) >= 11 is 0. The summed E-state index contributed by atoms with van der Waals surface area (Å²) in [6.45, 7) is 13.5. The van der Waals surface area contributed by atoms with Crippen LogP contribution in [0, 0.1) is 5.92 Å². The Labute approximate surface area is 126 Å². The standard InChI is InChI=1S/C19H33N/c1-6-8-9-16(7-2)14-20-15-17-10-12-18(13-11-17)19(3,4)5/h10-13,16,20H,6-9,14-15H2,1-5H3. The number of unbranched alkanes of at least 4 members (excludes halogenated alkanes) is 1. The molecule has 0 heterocycles. The van der Waals surface area contributed by atoms with E-state index in [1.807, 2.05) is 0 Å². The lowest BCUT2D eigenvalue weighted by Gasteiger charge is -2.19. The van der Waals surface area contributed by atoms with Crippen LogP contribution in [0.2, 0.25) is 0 Å². The predicted octanol–water partition coefficient (Wildman–Crippen LogP) is 5.29. The van der Waals surface area contributed by atoms with Gasteiger partial charge in [-0.2, -0.15) is 0 Å². The first-order chi connectivity index (χ1) is 9.47. The molecular formula is C19H33N. The van der Waals surface area contributed by atoms with E-state index in [0.717, 1.165) is 19.0 Å². The van der Waals surface area contributed by atoms with Crippen LogP contribution in [0.5, 0.6) is 0 Å². The van der Waals surface area contributed by atoms with Crippen molar-refractivity contribution in [1.29, 1.82) is 0 Å². The molecule has 1 atom stereocenters. The molecule has 1 N–H and O–H groups in total. The van der Waals surface area contributed by atoms with Gasteiger partial charge in [-0.05, 0) is 35.4 Å². The Morgan fingerprint density at radius 1 is 1.05 bits per heavy atom. The largest absolute Gasteiger partial charge is 0.312 e. The molecule has 1 rings (SSSR count). The molecule has 1 aromatic rings. The van der Waals surface area contributed by atoms with Crippen molar-refractivity contribution in [3.05, 3.63) is 35.4 Å². The number of nitrogens with one attached hydrogen (secondary N) is 1. The average Bonchev–Trinajstić information content (AvgIpc) is 2.42. The van der Waals surface area contributed by atoms with Gasteiger partial charge in [-0.25, -0.2) is 0 Å². The smallest absolute Gasteiger partial charge is 0.0205 e. The van der Waals surface area contributed by atoms with Crippen LogP contribution in [-0.4, -0.2) is 6.54 Å². The van der Waals surface area contributed by atoms with Crippen molar-refractivity contribution in [3.63, 3.8) is 0 Å². The first kappa shape index (κ1) is 17.2. The van der Waals surface area contributed by atoms with Gasteiger partial charge in [0.05, 0.1) is 0 Å². The van der Waals surface area contributed by atoms with Crippen molar-refractivity contribution < 1.29 is 0 Å². The topological polar surface area (TPSA) is 12.0 Å². The lowest BCUT2D eigenvalue weighted by atomic mass is 9.87. The molecule has 0 radical (unpaired) electrons. The molecule has 0 spiro atoms. The summed E-state index contributed by atoms with van der Waals surface area (Å²) in [7, 11) is 0. The maximum atomic E-state index is 3.62. The van der Waals surface area contributed by atoms with Crippen LogP contribution in [0.15, 0.2) is 24.3 Å². The quantitative estimate of drug-likeness (QED) is 0.679. The molecule has 0 aliphatic carbocycles. The molecule has 0 saturated heterocycles. The lowest BCUT2D eigenvalue weighted by Crippen LogP contribution is -2.22. The van der Waals surface area contributed by atoms with Gasteiger partial charge in [-0.3, -0.25) is 0 Å². The van der Waals surface area contributed by atoms with E-state index >= 15 is 0 Å². The molecule has 20 heavy (non-hydrogen) atoms. The zero-order valence-corrected chi connectivity index (χ0v) is 14.1. The maximum absolute atomic E-state index is 3.62. The number of rotatable bonds is 8. The summed E-state index contributed by atoms with van der Waals surface area (Å²) in [5, 5.41) is 3.62. The van der Waals surface area contributed by atoms with Gasteiger partial charge >= 0.3 is 0 Å². The first-order valence-corrected chi connectivity index (χ1v) is 8.27. The summed E-state index contributed by atoms with van der Waals surface area (Å²) in [5.74, 6) is 0.837. The molecule has 1 aromatic carbocycles. The van der Waals surface area contributed by atoms with Crippen molar-refractivity contribution in [3.8, 4) is 0 Å². The van der Waals surface area contributed by atoms with Crippen LogP contribution >= 0.6 is 0 Å². The Balaban J connectivity index is 2.38. The molecular weight excluding hydrogens is 242 g/mol. The van der Waals surface area contributed by atoms with Crippen molar-refractivity contribution in [2.45, 2.75) is 72.3 Å². The van der Waals surface area contributed by atoms with Crippen LogP contribution in [0.1, 0.15) is 71.4 Å². The van der Waals surface area contributed by atoms with Crippen molar-refractivity contribution in [2.75, 3.05) is 6.54 Å². The fraction of sp³-hybridized carbons (Fsp3) is 0.684. The summed E-state index contributed by atoms with van der Waals surface area (Å²) < 4.78 is 0. The third-order valence-electron chi connectivity index (χ3n) is 4.13. The van der Waals surface area contributed by atoms with Crippen molar-refractivity contribution in [1.82, 2.24) is 5.32 Å². The number of hydrogen-bond donors (Lipinski definition) is 1. The molecule has 0 bridgehead atoms. The van der Waals surface area contributed by atoms with E-state index in [1.54, 1.807) is 0 Å². The summed E-state index contributed by atoms with van der Waals surface area (Å²) in [5.41, 5.74) is 3.05. The molecule has 0 fully saturated rings. The van der Waals surface area contributed by atoms with Gasteiger partial charge in [-0.1, -0.05) is 78.1 Å². The maximum Gasteiger partial charge on any atom is 0.0205 e. The summed E-state index contributed by atoms with van der Waals surface area (Å²) in [6, 6.07) is 9.07. The van der Waals surface area contributed by atoms with E-state index in [9.17, 15) is 0 Å². The fourth-order valence-electron chi connectivity index (χ4n) is 2.49. The SMILES string of the molecule is CCCCC(CC)CNCc1ccc(C(C)(C)C)cc1. The van der Waals surface area contributed by atoms with Gasteiger partial charge in [0.25, 0.3) is 0 Å². The van der Waals surface area contributed by atoms with Crippen molar-refractivity contribution >= 4 is 0 Å². The van der Waals surface area contributed by atoms with Gasteiger partial charge in [0, 0.05) is 6.54 Å².